The average Bonchev–Trinajstić information content (AvgIpc) is 3.44. The van der Waals surface area contributed by atoms with Gasteiger partial charge in [0.2, 0.25) is 0 Å². The maximum atomic E-state index is 13.3. The lowest BCUT2D eigenvalue weighted by atomic mass is 10.1. The van der Waals surface area contributed by atoms with Crippen molar-refractivity contribution >= 4 is 35.8 Å². The zero-order valence-electron chi connectivity index (χ0n) is 18.7. The lowest BCUT2D eigenvalue weighted by Crippen LogP contribution is -2.39. The molecule has 14 nitrogen and oxygen atoms in total. The van der Waals surface area contributed by atoms with Gasteiger partial charge in [0, 0.05) is 11.5 Å². The molecule has 188 valence electrons. The summed E-state index contributed by atoms with van der Waals surface area (Å²) in [4.78, 5) is 24.2. The molecule has 2 fully saturated rings. The number of nitrogen functional groups attached to an aromatic ring is 1. The molecule has 15 heteroatoms. The van der Waals surface area contributed by atoms with Gasteiger partial charge in [-0.2, -0.15) is 0 Å². The summed E-state index contributed by atoms with van der Waals surface area (Å²) >= 11 is 0. The molecule has 3 N–H and O–H groups in total. The highest BCUT2D eigenvalue weighted by Gasteiger charge is 2.53. The minimum absolute atomic E-state index is 0.162. The number of rotatable bonds is 5. The van der Waals surface area contributed by atoms with Gasteiger partial charge in [-0.15, -0.1) is 0 Å². The van der Waals surface area contributed by atoms with Crippen molar-refractivity contribution in [3.05, 3.63) is 52.9 Å². The van der Waals surface area contributed by atoms with E-state index in [1.165, 1.54) is 30.4 Å². The van der Waals surface area contributed by atoms with Crippen LogP contribution in [0, 0.1) is 0 Å². The summed E-state index contributed by atoms with van der Waals surface area (Å²) in [6.07, 6.45) is -1.28. The van der Waals surface area contributed by atoms with Gasteiger partial charge in [0.05, 0.1) is 26.7 Å². The van der Waals surface area contributed by atoms with E-state index in [2.05, 4.69) is 15.0 Å². The van der Waals surface area contributed by atoms with Crippen LogP contribution in [0.1, 0.15) is 11.8 Å². The zero-order valence-corrected chi connectivity index (χ0v) is 19.6. The monoisotopic (exact) mass is 517 g/mol. The molecule has 0 radical (unpaired) electrons. The Kier molecular flexibility index (Phi) is 5.52. The van der Waals surface area contributed by atoms with Crippen LogP contribution in [-0.2, 0) is 29.5 Å². The largest absolute Gasteiger partial charge is 0.497 e. The second kappa shape index (κ2) is 8.62. The van der Waals surface area contributed by atoms with Crippen molar-refractivity contribution in [3.63, 3.8) is 0 Å². The molecule has 0 bridgehead atoms. The molecule has 2 aliphatic heterocycles. The lowest BCUT2D eigenvalue weighted by Gasteiger charge is -2.30. The number of nitrogens with zero attached hydrogens (tertiary/aromatic N) is 4. The normalized spacial score (nSPS) is 27.9. The topological polar surface area (TPSA) is 183 Å². The highest BCUT2D eigenvalue weighted by molar-refractivity contribution is 7.48. The number of aliphatic hydroxyl groups excluding tert-OH is 1. The number of nitrogens with two attached hydrogens (primary N) is 1. The molecular formula is C21H20N5O9P. The first-order valence-corrected chi connectivity index (χ1v) is 12.3. The maximum Gasteiger partial charge on any atom is 0.475 e. The number of hydrogen-bond acceptors (Lipinski definition) is 13. The number of imidazole rings is 1. The first-order valence-electron chi connectivity index (χ1n) is 10.8. The summed E-state index contributed by atoms with van der Waals surface area (Å²) in [5, 5.41) is 11.5. The fraction of sp³-hybridized carbons (Fsp3) is 0.333. The number of ether oxygens (including phenoxy) is 2. The van der Waals surface area contributed by atoms with Crippen LogP contribution >= 0.6 is 7.82 Å². The standard InChI is InChI=1S/C21H20N5O9P/c1-30-11-2-3-13-12(5-11)10(4-15(27)33-13)6-31-36(29)32-7-14-18(35-36)17(28)21(34-14)26-9-25-16-19(22)23-8-24-20(16)26/h2-5,8-9,14,17-18,21,28H,6-7H2,1H3,(H2,22,23,24)/t14-,17-,18-,21-,36+/m1/s1. The molecule has 2 saturated heterocycles. The molecule has 0 amide bonds. The van der Waals surface area contributed by atoms with E-state index >= 15 is 0 Å². The first-order chi connectivity index (χ1) is 17.3. The molecule has 0 spiro atoms. The average molecular weight is 517 g/mol. The number of phosphoric acid groups is 1. The third-order valence-corrected chi connectivity index (χ3v) is 7.44. The summed E-state index contributed by atoms with van der Waals surface area (Å²) < 4.78 is 47.6. The Bertz CT molecular complexity index is 1570. The zero-order chi connectivity index (χ0) is 25.0. The highest BCUT2D eigenvalue weighted by atomic mass is 31.2. The summed E-state index contributed by atoms with van der Waals surface area (Å²) in [5.74, 6) is 0.717. The smallest absolute Gasteiger partial charge is 0.475 e. The number of methoxy groups -OCH3 is 1. The quantitative estimate of drug-likeness (QED) is 0.287. The number of aromatic nitrogens is 4. The molecule has 3 aromatic heterocycles. The van der Waals surface area contributed by atoms with E-state index < -0.39 is 38.0 Å². The van der Waals surface area contributed by atoms with E-state index in [0.29, 0.717) is 33.4 Å². The molecule has 5 heterocycles. The van der Waals surface area contributed by atoms with Crippen LogP contribution in [0.3, 0.4) is 0 Å². The number of aliphatic hydroxyl groups is 1. The van der Waals surface area contributed by atoms with Gasteiger partial charge in [0.15, 0.2) is 17.7 Å². The SMILES string of the molecule is COc1ccc2oc(=O)cc(CO[P@@]3(=O)OC[C@H]4O[C@@H](n5cnc6c(N)ncnc65)[C@H](O)[C@@H]4O3)c2c1. The highest BCUT2D eigenvalue weighted by Crippen LogP contribution is 2.57. The molecule has 0 saturated carbocycles. The predicted octanol–water partition coefficient (Wildman–Crippen LogP) is 1.52. The Morgan fingerprint density at radius 3 is 2.97 bits per heavy atom. The molecule has 36 heavy (non-hydrogen) atoms. The number of phosphoric ester groups is 1. The first kappa shape index (κ1) is 23.0. The molecule has 6 rings (SSSR count). The molecule has 4 aromatic rings. The van der Waals surface area contributed by atoms with E-state index in [9.17, 15) is 14.5 Å². The van der Waals surface area contributed by atoms with Crippen LogP contribution in [-0.4, -0.2) is 56.7 Å². The number of anilines is 1. The Labute approximate surface area is 202 Å². The van der Waals surface area contributed by atoms with Crippen molar-refractivity contribution in [3.8, 4) is 5.75 Å². The fourth-order valence-electron chi connectivity index (χ4n) is 4.28. The van der Waals surface area contributed by atoms with Crippen LogP contribution in [0.15, 0.2) is 46.1 Å². The van der Waals surface area contributed by atoms with E-state index in [1.54, 1.807) is 18.2 Å². The lowest BCUT2D eigenvalue weighted by molar-refractivity contribution is -0.0714. The van der Waals surface area contributed by atoms with Gasteiger partial charge in [-0.1, -0.05) is 0 Å². The van der Waals surface area contributed by atoms with Crippen molar-refractivity contribution in [2.24, 2.45) is 0 Å². The van der Waals surface area contributed by atoms with Gasteiger partial charge < -0.3 is 24.7 Å². The van der Waals surface area contributed by atoms with Gasteiger partial charge in [0.1, 0.15) is 41.5 Å². The minimum atomic E-state index is -4.13. The van der Waals surface area contributed by atoms with Gasteiger partial charge in [-0.25, -0.2) is 24.3 Å². The van der Waals surface area contributed by atoms with E-state index in [4.69, 9.17) is 33.2 Å². The van der Waals surface area contributed by atoms with Crippen molar-refractivity contribution in [2.75, 3.05) is 19.5 Å². The van der Waals surface area contributed by atoms with Crippen LogP contribution in [0.5, 0.6) is 5.75 Å². The Morgan fingerprint density at radius 1 is 1.28 bits per heavy atom. The number of fused-ring (bicyclic) bond motifs is 3. The second-order valence-corrected chi connectivity index (χ2v) is 9.80. The Balaban J connectivity index is 1.22. The fourth-order valence-corrected chi connectivity index (χ4v) is 5.67. The molecule has 0 aliphatic carbocycles. The van der Waals surface area contributed by atoms with Crippen molar-refractivity contribution in [1.29, 1.82) is 0 Å². The molecular weight excluding hydrogens is 497 g/mol. The predicted molar refractivity (Wildman–Crippen MR) is 122 cm³/mol. The maximum absolute atomic E-state index is 13.3. The third kappa shape index (κ3) is 3.84. The van der Waals surface area contributed by atoms with Crippen LogP contribution in [0.25, 0.3) is 22.1 Å². The molecule has 0 unspecified atom stereocenters. The second-order valence-electron chi connectivity index (χ2n) is 8.18. The van der Waals surface area contributed by atoms with Gasteiger partial charge in [0.25, 0.3) is 0 Å². The summed E-state index contributed by atoms with van der Waals surface area (Å²) in [6, 6.07) is 6.12. The third-order valence-electron chi connectivity index (χ3n) is 6.03. The van der Waals surface area contributed by atoms with Crippen LogP contribution in [0.2, 0.25) is 0 Å². The molecule has 1 aromatic carbocycles. The number of benzene rings is 1. The van der Waals surface area contributed by atoms with Crippen molar-refractivity contribution in [1.82, 2.24) is 19.5 Å². The van der Waals surface area contributed by atoms with E-state index in [0.717, 1.165) is 0 Å². The van der Waals surface area contributed by atoms with Crippen LogP contribution in [0.4, 0.5) is 5.82 Å². The van der Waals surface area contributed by atoms with Gasteiger partial charge >= 0.3 is 13.4 Å². The van der Waals surface area contributed by atoms with Crippen molar-refractivity contribution < 1.29 is 37.1 Å². The van der Waals surface area contributed by atoms with Crippen LogP contribution < -0.4 is 16.1 Å². The number of hydrogen-bond donors (Lipinski definition) is 2. The van der Waals surface area contributed by atoms with Gasteiger partial charge in [-0.3, -0.25) is 18.1 Å². The van der Waals surface area contributed by atoms with Gasteiger partial charge in [-0.05, 0) is 23.8 Å². The van der Waals surface area contributed by atoms with Crippen molar-refractivity contribution in [2.45, 2.75) is 31.1 Å². The minimum Gasteiger partial charge on any atom is -0.497 e. The van der Waals surface area contributed by atoms with E-state index in [1.807, 2.05) is 0 Å². The van der Waals surface area contributed by atoms with E-state index in [-0.39, 0.29) is 19.0 Å². The summed E-state index contributed by atoms with van der Waals surface area (Å²) in [5.41, 5.74) is 6.65. The molecule has 2 aliphatic rings. The Hall–Kier alpha value is -3.39. The molecule has 5 atom stereocenters. The Morgan fingerprint density at radius 2 is 2.14 bits per heavy atom. The summed E-state index contributed by atoms with van der Waals surface area (Å²) in [6.45, 7) is -0.447. The summed E-state index contributed by atoms with van der Waals surface area (Å²) in [7, 11) is -2.63.